The van der Waals surface area contributed by atoms with Gasteiger partial charge in [0, 0.05) is 18.5 Å². The molecule has 0 aliphatic heterocycles. The van der Waals surface area contributed by atoms with Crippen LogP contribution in [0.5, 0.6) is 11.5 Å². The molecule has 0 radical (unpaired) electrons. The topological polar surface area (TPSA) is 128 Å². The molecule has 1 aromatic carbocycles. The number of halogens is 1. The van der Waals surface area contributed by atoms with E-state index in [9.17, 15) is 14.4 Å². The van der Waals surface area contributed by atoms with Crippen LogP contribution >= 0.6 is 11.6 Å². The minimum Gasteiger partial charge on any atom is -0.493 e. The Hall–Kier alpha value is -2.48. The van der Waals surface area contributed by atoms with Gasteiger partial charge < -0.3 is 25.6 Å². The van der Waals surface area contributed by atoms with Crippen LogP contribution in [0, 0.1) is 0 Å². The van der Waals surface area contributed by atoms with Crippen molar-refractivity contribution >= 4 is 29.4 Å². The molecule has 0 atom stereocenters. The number of carbonyl (C=O) groups excluding carboxylic acids is 2. The molecule has 0 bridgehead atoms. The zero-order valence-electron chi connectivity index (χ0n) is 12.4. The smallest absolute Gasteiger partial charge is 0.303 e. The molecule has 0 aliphatic rings. The Morgan fingerprint density at radius 2 is 2.04 bits per heavy atom. The van der Waals surface area contributed by atoms with E-state index in [0.717, 1.165) is 0 Å². The summed E-state index contributed by atoms with van der Waals surface area (Å²) in [7, 11) is 1.36. The van der Waals surface area contributed by atoms with Crippen molar-refractivity contribution in [2.45, 2.75) is 12.8 Å². The molecule has 0 saturated carbocycles. The molecule has 126 valence electrons. The molecule has 0 aliphatic carbocycles. The highest BCUT2D eigenvalue weighted by atomic mass is 35.5. The van der Waals surface area contributed by atoms with Crippen LogP contribution in [0.3, 0.4) is 0 Å². The van der Waals surface area contributed by atoms with Crippen LogP contribution in [0.1, 0.15) is 23.2 Å². The lowest BCUT2D eigenvalue weighted by Gasteiger charge is -2.13. The van der Waals surface area contributed by atoms with Crippen LogP contribution < -0.4 is 20.5 Å². The summed E-state index contributed by atoms with van der Waals surface area (Å²) in [5, 5.41) is 11.2. The first kappa shape index (κ1) is 18.6. The van der Waals surface area contributed by atoms with Crippen molar-refractivity contribution in [2.24, 2.45) is 5.73 Å². The summed E-state index contributed by atoms with van der Waals surface area (Å²) in [5.74, 6) is -1.76. The number of methoxy groups -OCH3 is 1. The summed E-state index contributed by atoms with van der Waals surface area (Å²) in [6.45, 7) is -0.165. The Morgan fingerprint density at radius 1 is 1.35 bits per heavy atom. The standard InChI is InChI=1S/C14H17ClN2O6/c1-22-10-6-8(14(21)17-4-2-3-12(19)20)5-9(15)13(10)23-7-11(16)18/h5-6H,2-4,7H2,1H3,(H2,16,18)(H,17,21)(H,19,20). The number of aliphatic carboxylic acids is 1. The van der Waals surface area contributed by atoms with Gasteiger partial charge >= 0.3 is 5.97 Å². The maximum Gasteiger partial charge on any atom is 0.303 e. The van der Waals surface area contributed by atoms with E-state index in [-0.39, 0.29) is 41.7 Å². The van der Waals surface area contributed by atoms with Gasteiger partial charge in [-0.2, -0.15) is 0 Å². The van der Waals surface area contributed by atoms with E-state index in [4.69, 9.17) is 31.9 Å². The van der Waals surface area contributed by atoms with Crippen molar-refractivity contribution in [3.05, 3.63) is 22.7 Å². The number of ether oxygens (including phenoxy) is 2. The van der Waals surface area contributed by atoms with Gasteiger partial charge in [0.2, 0.25) is 0 Å². The number of hydrogen-bond acceptors (Lipinski definition) is 5. The molecule has 1 aromatic rings. The van der Waals surface area contributed by atoms with Gasteiger partial charge in [-0.05, 0) is 18.6 Å². The van der Waals surface area contributed by atoms with E-state index in [2.05, 4.69) is 5.32 Å². The second-order valence-corrected chi connectivity index (χ2v) is 4.90. The molecule has 0 heterocycles. The fourth-order valence-electron chi connectivity index (χ4n) is 1.68. The molecule has 0 saturated heterocycles. The monoisotopic (exact) mass is 344 g/mol. The molecule has 0 unspecified atom stereocenters. The second-order valence-electron chi connectivity index (χ2n) is 4.50. The summed E-state index contributed by atoms with van der Waals surface area (Å²) in [6, 6.07) is 2.75. The summed E-state index contributed by atoms with van der Waals surface area (Å²) in [6.07, 6.45) is 0.274. The third-order valence-electron chi connectivity index (χ3n) is 2.70. The van der Waals surface area contributed by atoms with E-state index < -0.39 is 17.8 Å². The molecule has 0 spiro atoms. The van der Waals surface area contributed by atoms with Crippen LogP contribution in [0.4, 0.5) is 0 Å². The van der Waals surface area contributed by atoms with Gasteiger partial charge in [-0.3, -0.25) is 14.4 Å². The Balaban J connectivity index is 2.80. The minimum atomic E-state index is -0.931. The number of carbonyl (C=O) groups is 3. The third-order valence-corrected chi connectivity index (χ3v) is 2.98. The number of amides is 2. The van der Waals surface area contributed by atoms with E-state index in [1.165, 1.54) is 19.2 Å². The molecule has 0 aromatic heterocycles. The summed E-state index contributed by atoms with van der Waals surface area (Å²) in [4.78, 5) is 33.2. The number of rotatable bonds is 9. The lowest BCUT2D eigenvalue weighted by atomic mass is 10.2. The van der Waals surface area contributed by atoms with E-state index in [1.54, 1.807) is 0 Å². The predicted molar refractivity (Wildman–Crippen MR) is 81.9 cm³/mol. The molecule has 9 heteroatoms. The molecule has 1 rings (SSSR count). The third kappa shape index (κ3) is 6.03. The van der Waals surface area contributed by atoms with Crippen molar-refractivity contribution in [1.82, 2.24) is 5.32 Å². The van der Waals surface area contributed by atoms with Gasteiger partial charge in [-0.25, -0.2) is 0 Å². The normalized spacial score (nSPS) is 10.0. The number of nitrogens with one attached hydrogen (secondary N) is 1. The molecule has 8 nitrogen and oxygen atoms in total. The first-order chi connectivity index (χ1) is 10.8. The van der Waals surface area contributed by atoms with Gasteiger partial charge in [0.15, 0.2) is 18.1 Å². The van der Waals surface area contributed by atoms with Crippen molar-refractivity contribution in [3.63, 3.8) is 0 Å². The van der Waals surface area contributed by atoms with Crippen LogP contribution in [-0.4, -0.2) is 43.2 Å². The first-order valence-electron chi connectivity index (χ1n) is 6.63. The average molecular weight is 345 g/mol. The summed E-state index contributed by atoms with van der Waals surface area (Å²) < 4.78 is 10.2. The van der Waals surface area contributed by atoms with E-state index >= 15 is 0 Å². The number of benzene rings is 1. The highest BCUT2D eigenvalue weighted by Gasteiger charge is 2.16. The quantitative estimate of drug-likeness (QED) is 0.569. The van der Waals surface area contributed by atoms with Gasteiger partial charge in [-0.1, -0.05) is 11.6 Å². The van der Waals surface area contributed by atoms with Crippen molar-refractivity contribution < 1.29 is 29.0 Å². The van der Waals surface area contributed by atoms with Crippen molar-refractivity contribution in [1.29, 1.82) is 0 Å². The van der Waals surface area contributed by atoms with E-state index in [1.807, 2.05) is 0 Å². The Bertz CT molecular complexity index is 605. The number of hydrogen-bond donors (Lipinski definition) is 3. The lowest BCUT2D eigenvalue weighted by molar-refractivity contribution is -0.137. The van der Waals surface area contributed by atoms with Gasteiger partial charge in [0.05, 0.1) is 12.1 Å². The minimum absolute atomic E-state index is 0.0374. The van der Waals surface area contributed by atoms with Gasteiger partial charge in [0.25, 0.3) is 11.8 Å². The molecule has 4 N–H and O–H groups in total. The van der Waals surface area contributed by atoms with Crippen molar-refractivity contribution in [3.8, 4) is 11.5 Å². The maximum atomic E-state index is 12.0. The van der Waals surface area contributed by atoms with E-state index in [0.29, 0.717) is 6.42 Å². The van der Waals surface area contributed by atoms with Crippen molar-refractivity contribution in [2.75, 3.05) is 20.3 Å². The second kappa shape index (κ2) is 8.84. The molecule has 2 amide bonds. The van der Waals surface area contributed by atoms with Crippen LogP contribution in [0.25, 0.3) is 0 Å². The maximum absolute atomic E-state index is 12.0. The SMILES string of the molecule is COc1cc(C(=O)NCCCC(=O)O)cc(Cl)c1OCC(N)=O. The zero-order chi connectivity index (χ0) is 17.4. The largest absolute Gasteiger partial charge is 0.493 e. The molecule has 23 heavy (non-hydrogen) atoms. The predicted octanol–water partition coefficient (Wildman–Crippen LogP) is 0.807. The lowest BCUT2D eigenvalue weighted by Crippen LogP contribution is -2.25. The fraction of sp³-hybridized carbons (Fsp3) is 0.357. The highest BCUT2D eigenvalue weighted by molar-refractivity contribution is 6.32. The Kier molecular flexibility index (Phi) is 7.14. The average Bonchev–Trinajstić information content (AvgIpc) is 2.48. The number of carboxylic acids is 1. The Labute approximate surface area is 137 Å². The van der Waals surface area contributed by atoms with Gasteiger partial charge in [0.1, 0.15) is 0 Å². The summed E-state index contributed by atoms with van der Waals surface area (Å²) >= 11 is 6.03. The highest BCUT2D eigenvalue weighted by Crippen LogP contribution is 2.36. The van der Waals surface area contributed by atoms with Crippen LogP contribution in [0.2, 0.25) is 5.02 Å². The summed E-state index contributed by atoms with van der Waals surface area (Å²) in [5.41, 5.74) is 5.21. The zero-order valence-corrected chi connectivity index (χ0v) is 13.2. The molecular formula is C14H17ClN2O6. The van der Waals surface area contributed by atoms with Crippen LogP contribution in [-0.2, 0) is 9.59 Å². The Morgan fingerprint density at radius 3 is 2.61 bits per heavy atom. The van der Waals surface area contributed by atoms with Gasteiger partial charge in [-0.15, -0.1) is 0 Å². The number of nitrogens with two attached hydrogens (primary N) is 1. The molecular weight excluding hydrogens is 328 g/mol. The molecule has 0 fully saturated rings. The fourth-order valence-corrected chi connectivity index (χ4v) is 1.94. The first-order valence-corrected chi connectivity index (χ1v) is 7.01. The van der Waals surface area contributed by atoms with Crippen LogP contribution in [0.15, 0.2) is 12.1 Å². The number of carboxylic acid groups (broad SMARTS) is 1. The number of primary amides is 1.